The molecule has 1 aromatic rings. The second kappa shape index (κ2) is 5.99. The van der Waals surface area contributed by atoms with Crippen LogP contribution in [0.3, 0.4) is 0 Å². The van der Waals surface area contributed by atoms with Crippen LogP contribution >= 0.6 is 23.2 Å². The van der Waals surface area contributed by atoms with Crippen LogP contribution in [0.2, 0.25) is 10.0 Å². The molecule has 2 atom stereocenters. The maximum atomic E-state index is 11.6. The average Bonchev–Trinajstić information content (AvgIpc) is 2.41. The van der Waals surface area contributed by atoms with E-state index in [0.717, 1.165) is 18.4 Å². The molecule has 0 saturated carbocycles. The van der Waals surface area contributed by atoms with E-state index < -0.39 is 6.09 Å². The second-order valence-corrected chi connectivity index (χ2v) is 5.55. The number of carbonyl (C=O) groups is 1. The van der Waals surface area contributed by atoms with Crippen LogP contribution in [0.15, 0.2) is 18.2 Å². The summed E-state index contributed by atoms with van der Waals surface area (Å²) in [4.78, 5) is 17.6. The van der Waals surface area contributed by atoms with Gasteiger partial charge < -0.3 is 9.74 Å². The highest BCUT2D eigenvalue weighted by Gasteiger charge is 2.32. The fourth-order valence-electron chi connectivity index (χ4n) is 2.66. The number of nitrogens with zero attached hydrogens (tertiary/aromatic N) is 1. The van der Waals surface area contributed by atoms with Gasteiger partial charge in [0.1, 0.15) is 0 Å². The number of likely N-dealkylation sites (tertiary alicyclic amines) is 1. The molecule has 0 spiro atoms. The van der Waals surface area contributed by atoms with Crippen LogP contribution in [0.4, 0.5) is 4.79 Å². The Morgan fingerprint density at radius 2 is 2.16 bits per heavy atom. The minimum Gasteiger partial charge on any atom is -0.357 e. The number of hydrogen-bond acceptors (Lipinski definition) is 3. The Bertz CT molecular complexity index is 482. The molecule has 104 valence electrons. The van der Waals surface area contributed by atoms with Crippen molar-refractivity contribution in [1.82, 2.24) is 4.90 Å². The van der Waals surface area contributed by atoms with Gasteiger partial charge in [0.15, 0.2) is 0 Å². The summed E-state index contributed by atoms with van der Waals surface area (Å²) in [5, 5.41) is 1.07. The van der Waals surface area contributed by atoms with Crippen molar-refractivity contribution in [2.24, 2.45) is 5.90 Å². The van der Waals surface area contributed by atoms with Crippen LogP contribution in [0.1, 0.15) is 31.2 Å². The van der Waals surface area contributed by atoms with Gasteiger partial charge in [0.2, 0.25) is 0 Å². The highest BCUT2D eigenvalue weighted by Crippen LogP contribution is 2.35. The highest BCUT2D eigenvalue weighted by atomic mass is 35.5. The van der Waals surface area contributed by atoms with Gasteiger partial charge in [0, 0.05) is 18.5 Å². The molecule has 4 nitrogen and oxygen atoms in total. The molecule has 1 fully saturated rings. The van der Waals surface area contributed by atoms with Crippen molar-refractivity contribution < 1.29 is 9.63 Å². The number of benzene rings is 1. The van der Waals surface area contributed by atoms with Crippen molar-refractivity contribution in [3.63, 3.8) is 0 Å². The highest BCUT2D eigenvalue weighted by molar-refractivity contribution is 6.42. The zero-order valence-electron chi connectivity index (χ0n) is 10.6. The minimum absolute atomic E-state index is 0.0158. The third-order valence-electron chi connectivity index (χ3n) is 3.70. The predicted octanol–water partition coefficient (Wildman–Crippen LogP) is 3.57. The molecule has 1 amide bonds. The summed E-state index contributed by atoms with van der Waals surface area (Å²) in [5.41, 5.74) is 1.08. The number of halogens is 2. The smallest absolute Gasteiger partial charge is 0.357 e. The van der Waals surface area contributed by atoms with Crippen molar-refractivity contribution in [1.29, 1.82) is 0 Å². The van der Waals surface area contributed by atoms with E-state index in [2.05, 4.69) is 4.84 Å². The topological polar surface area (TPSA) is 55.6 Å². The molecule has 0 aromatic heterocycles. The lowest BCUT2D eigenvalue weighted by atomic mass is 9.84. The first-order chi connectivity index (χ1) is 9.04. The van der Waals surface area contributed by atoms with Gasteiger partial charge in [0.25, 0.3) is 0 Å². The molecule has 1 aliphatic rings. The molecule has 1 aromatic carbocycles. The lowest BCUT2D eigenvalue weighted by Gasteiger charge is -2.38. The van der Waals surface area contributed by atoms with E-state index in [-0.39, 0.29) is 12.0 Å². The zero-order valence-corrected chi connectivity index (χ0v) is 12.1. The van der Waals surface area contributed by atoms with E-state index in [4.69, 9.17) is 29.1 Å². The van der Waals surface area contributed by atoms with Crippen LogP contribution < -0.4 is 5.90 Å². The number of piperidine rings is 1. The van der Waals surface area contributed by atoms with Gasteiger partial charge in [-0.15, -0.1) is 0 Å². The maximum absolute atomic E-state index is 11.6. The summed E-state index contributed by atoms with van der Waals surface area (Å²) in [7, 11) is 0. The average molecular weight is 303 g/mol. The van der Waals surface area contributed by atoms with Crippen LogP contribution in [-0.4, -0.2) is 23.6 Å². The Morgan fingerprint density at radius 3 is 2.79 bits per heavy atom. The fourth-order valence-corrected chi connectivity index (χ4v) is 2.96. The van der Waals surface area contributed by atoms with Crippen molar-refractivity contribution in [2.45, 2.75) is 31.7 Å². The molecule has 19 heavy (non-hydrogen) atoms. The van der Waals surface area contributed by atoms with Crippen molar-refractivity contribution in [2.75, 3.05) is 6.54 Å². The minimum atomic E-state index is -0.489. The number of rotatable bonds is 1. The van der Waals surface area contributed by atoms with Crippen LogP contribution in [0, 0.1) is 0 Å². The monoisotopic (exact) mass is 302 g/mol. The Hall–Kier alpha value is -0.970. The molecule has 2 rings (SSSR count). The van der Waals surface area contributed by atoms with Gasteiger partial charge in [-0.2, -0.15) is 5.90 Å². The summed E-state index contributed by atoms with van der Waals surface area (Å²) in [5.74, 6) is 5.17. The van der Waals surface area contributed by atoms with Crippen molar-refractivity contribution in [3.05, 3.63) is 33.8 Å². The van der Waals surface area contributed by atoms with Crippen LogP contribution in [0.25, 0.3) is 0 Å². The second-order valence-electron chi connectivity index (χ2n) is 4.74. The lowest BCUT2D eigenvalue weighted by Crippen LogP contribution is -2.46. The van der Waals surface area contributed by atoms with Gasteiger partial charge in [-0.05, 0) is 37.5 Å². The SMILES string of the molecule is CC1C(c2ccc(Cl)c(Cl)c2)CCCN1C(=O)ON. The predicted molar refractivity (Wildman–Crippen MR) is 75.3 cm³/mol. The van der Waals surface area contributed by atoms with Crippen molar-refractivity contribution in [3.8, 4) is 0 Å². The van der Waals surface area contributed by atoms with Crippen LogP contribution in [0.5, 0.6) is 0 Å². The first-order valence-corrected chi connectivity index (χ1v) is 6.92. The summed E-state index contributed by atoms with van der Waals surface area (Å²) in [6.45, 7) is 2.65. The molecular formula is C13H16Cl2N2O2. The van der Waals surface area contributed by atoms with Gasteiger partial charge in [-0.3, -0.25) is 0 Å². The Morgan fingerprint density at radius 1 is 1.42 bits per heavy atom. The normalized spacial score (nSPS) is 23.3. The third kappa shape index (κ3) is 2.96. The Labute approximate surface area is 122 Å². The van der Waals surface area contributed by atoms with Gasteiger partial charge in [-0.25, -0.2) is 4.79 Å². The molecule has 2 unspecified atom stereocenters. The van der Waals surface area contributed by atoms with E-state index in [9.17, 15) is 4.79 Å². The van der Waals surface area contributed by atoms with Gasteiger partial charge in [0.05, 0.1) is 10.0 Å². The Balaban J connectivity index is 2.23. The molecule has 1 aliphatic heterocycles. The van der Waals surface area contributed by atoms with Gasteiger partial charge >= 0.3 is 6.09 Å². The summed E-state index contributed by atoms with van der Waals surface area (Å²) >= 11 is 12.0. The number of carbonyl (C=O) groups excluding carboxylic acids is 1. The maximum Gasteiger partial charge on any atom is 0.428 e. The number of nitrogens with two attached hydrogens (primary N) is 1. The molecule has 1 heterocycles. The molecule has 0 radical (unpaired) electrons. The zero-order chi connectivity index (χ0) is 14.0. The quantitative estimate of drug-likeness (QED) is 0.807. The van der Waals surface area contributed by atoms with E-state index >= 15 is 0 Å². The molecule has 0 bridgehead atoms. The summed E-state index contributed by atoms with van der Waals surface area (Å²) < 4.78 is 0. The first-order valence-electron chi connectivity index (χ1n) is 6.17. The first kappa shape index (κ1) is 14.4. The molecule has 2 N–H and O–H groups in total. The Kier molecular flexibility index (Phi) is 4.55. The number of hydrogen-bond donors (Lipinski definition) is 1. The van der Waals surface area contributed by atoms with Crippen molar-refractivity contribution >= 4 is 29.3 Å². The molecule has 1 saturated heterocycles. The lowest BCUT2D eigenvalue weighted by molar-refractivity contribution is 0.0709. The third-order valence-corrected chi connectivity index (χ3v) is 4.43. The molecular weight excluding hydrogens is 287 g/mol. The van der Waals surface area contributed by atoms with E-state index in [1.54, 1.807) is 11.0 Å². The van der Waals surface area contributed by atoms with Crippen LogP contribution in [-0.2, 0) is 4.84 Å². The standard InChI is InChI=1S/C13H16Cl2N2O2/c1-8-10(3-2-6-17(8)13(18)19-16)9-4-5-11(14)12(15)7-9/h4-5,7-8,10H,2-3,6,16H2,1H3. The van der Waals surface area contributed by atoms with E-state index in [1.807, 2.05) is 19.1 Å². The number of amides is 1. The summed E-state index contributed by atoms with van der Waals surface area (Å²) in [6.07, 6.45) is 1.41. The van der Waals surface area contributed by atoms with E-state index in [1.165, 1.54) is 0 Å². The van der Waals surface area contributed by atoms with E-state index in [0.29, 0.717) is 16.6 Å². The summed E-state index contributed by atoms with van der Waals surface area (Å²) in [6, 6.07) is 5.61. The van der Waals surface area contributed by atoms with Gasteiger partial charge in [-0.1, -0.05) is 29.3 Å². The molecule has 0 aliphatic carbocycles. The largest absolute Gasteiger partial charge is 0.428 e. The molecule has 6 heteroatoms. The fraction of sp³-hybridized carbons (Fsp3) is 0.462.